The normalized spacial score (nSPS) is 11.6. The molecule has 0 saturated carbocycles. The van der Waals surface area contributed by atoms with Crippen LogP contribution in [0.1, 0.15) is 10.8 Å². The van der Waals surface area contributed by atoms with E-state index in [0.717, 1.165) is 0 Å². The highest BCUT2D eigenvalue weighted by atomic mass is 32.2. The fourth-order valence-corrected chi connectivity index (χ4v) is 6.39. The van der Waals surface area contributed by atoms with E-state index < -0.39 is 0 Å². The molecule has 0 aliphatic heterocycles. The monoisotopic (exact) mass is 442 g/mol. The van der Waals surface area contributed by atoms with Gasteiger partial charge in [-0.2, -0.15) is 0 Å². The van der Waals surface area contributed by atoms with Crippen LogP contribution >= 0.6 is 35.3 Å². The predicted molar refractivity (Wildman–Crippen MR) is 134 cm³/mol. The van der Waals surface area contributed by atoms with Crippen LogP contribution in [-0.4, -0.2) is 0 Å². The molecule has 0 nitrogen and oxygen atoms in total. The molecule has 0 aliphatic carbocycles. The Labute approximate surface area is 191 Å². The summed E-state index contributed by atoms with van der Waals surface area (Å²) in [5.74, 6) is 0. The summed E-state index contributed by atoms with van der Waals surface area (Å²) in [6, 6.07) is 42.6. The van der Waals surface area contributed by atoms with E-state index in [1.807, 2.05) is 35.3 Å². The number of rotatable bonds is 8. The van der Waals surface area contributed by atoms with Gasteiger partial charge in [0, 0.05) is 18.9 Å². The van der Waals surface area contributed by atoms with Crippen molar-refractivity contribution in [3.8, 4) is 0 Å². The van der Waals surface area contributed by atoms with Crippen molar-refractivity contribution < 1.29 is 0 Å². The highest BCUT2D eigenvalue weighted by Crippen LogP contribution is 2.44. The topological polar surface area (TPSA) is 0 Å². The SMILES string of the molecule is C(=C(Sc1ccccc1)Sc1ccccc1)C(Sc1ccccc1)c1ccccc1. The van der Waals surface area contributed by atoms with Gasteiger partial charge >= 0.3 is 0 Å². The zero-order chi connectivity index (χ0) is 20.4. The molecule has 0 heterocycles. The number of hydrogen-bond donors (Lipinski definition) is 0. The van der Waals surface area contributed by atoms with E-state index in [0.29, 0.717) is 0 Å². The first-order valence-corrected chi connectivity index (χ1v) is 12.3. The van der Waals surface area contributed by atoms with E-state index in [4.69, 9.17) is 0 Å². The summed E-state index contributed by atoms with van der Waals surface area (Å²) < 4.78 is 1.28. The molecule has 3 heteroatoms. The fraction of sp³-hybridized carbons (Fsp3) is 0.0370. The first kappa shape index (κ1) is 20.9. The Morgan fingerprint density at radius 2 is 0.900 bits per heavy atom. The van der Waals surface area contributed by atoms with Gasteiger partial charge in [-0.3, -0.25) is 0 Å². The maximum Gasteiger partial charge on any atom is 0.0543 e. The summed E-state index contributed by atoms with van der Waals surface area (Å²) in [5, 5.41) is 0.232. The van der Waals surface area contributed by atoms with Gasteiger partial charge in [0.2, 0.25) is 0 Å². The lowest BCUT2D eigenvalue weighted by atomic mass is 10.1. The Kier molecular flexibility index (Phi) is 7.79. The fourth-order valence-electron chi connectivity index (χ4n) is 2.91. The Balaban J connectivity index is 1.68. The van der Waals surface area contributed by atoms with Crippen LogP contribution in [0.25, 0.3) is 0 Å². The van der Waals surface area contributed by atoms with E-state index in [2.05, 4.69) is 127 Å². The molecule has 0 N–H and O–H groups in total. The molecule has 1 atom stereocenters. The number of hydrogen-bond acceptors (Lipinski definition) is 3. The largest absolute Gasteiger partial charge is 0.114 e. The second-order valence-electron chi connectivity index (χ2n) is 6.58. The predicted octanol–water partition coefficient (Wildman–Crippen LogP) is 8.95. The molecule has 4 rings (SSSR count). The van der Waals surface area contributed by atoms with Gasteiger partial charge in [-0.1, -0.05) is 108 Å². The number of thioether (sulfide) groups is 3. The van der Waals surface area contributed by atoms with E-state index in [1.165, 1.54) is 24.5 Å². The van der Waals surface area contributed by atoms with Gasteiger partial charge in [-0.15, -0.1) is 11.8 Å². The summed E-state index contributed by atoms with van der Waals surface area (Å²) in [4.78, 5) is 3.78. The van der Waals surface area contributed by atoms with Crippen LogP contribution in [0.2, 0.25) is 0 Å². The maximum absolute atomic E-state index is 2.41. The Morgan fingerprint density at radius 1 is 0.500 bits per heavy atom. The summed E-state index contributed by atoms with van der Waals surface area (Å²) in [7, 11) is 0. The minimum atomic E-state index is 0.232. The zero-order valence-corrected chi connectivity index (χ0v) is 18.9. The first-order valence-electron chi connectivity index (χ1n) is 9.81. The van der Waals surface area contributed by atoms with Crippen LogP contribution < -0.4 is 0 Å². The second-order valence-corrected chi connectivity index (χ2v) is 10.3. The third-order valence-corrected chi connectivity index (χ3v) is 7.74. The quantitative estimate of drug-likeness (QED) is 0.250. The Morgan fingerprint density at radius 3 is 1.37 bits per heavy atom. The van der Waals surface area contributed by atoms with Gasteiger partial charge < -0.3 is 0 Å². The van der Waals surface area contributed by atoms with Crippen molar-refractivity contribution >= 4 is 35.3 Å². The van der Waals surface area contributed by atoms with Gasteiger partial charge in [0.15, 0.2) is 0 Å². The van der Waals surface area contributed by atoms with Crippen LogP contribution in [0.5, 0.6) is 0 Å². The first-order chi connectivity index (χ1) is 14.9. The lowest BCUT2D eigenvalue weighted by molar-refractivity contribution is 1.22. The van der Waals surface area contributed by atoms with Crippen molar-refractivity contribution in [3.05, 3.63) is 137 Å². The molecule has 0 saturated heterocycles. The molecule has 4 aromatic rings. The molecule has 0 aliphatic rings. The Hall–Kier alpha value is -2.33. The highest BCUT2D eigenvalue weighted by molar-refractivity contribution is 8.22. The van der Waals surface area contributed by atoms with Crippen LogP contribution in [-0.2, 0) is 0 Å². The lowest BCUT2D eigenvalue weighted by Gasteiger charge is -2.16. The van der Waals surface area contributed by atoms with Crippen molar-refractivity contribution in [3.63, 3.8) is 0 Å². The van der Waals surface area contributed by atoms with Gasteiger partial charge in [0.05, 0.1) is 5.25 Å². The van der Waals surface area contributed by atoms with Crippen molar-refractivity contribution in [2.45, 2.75) is 19.9 Å². The molecular formula is C27H22S3. The molecule has 1 unspecified atom stereocenters. The average Bonchev–Trinajstić information content (AvgIpc) is 2.81. The van der Waals surface area contributed by atoms with Crippen molar-refractivity contribution in [2.75, 3.05) is 0 Å². The van der Waals surface area contributed by atoms with Gasteiger partial charge in [0.1, 0.15) is 0 Å². The molecular weight excluding hydrogens is 420 g/mol. The minimum Gasteiger partial charge on any atom is -0.114 e. The molecule has 0 fully saturated rings. The second kappa shape index (κ2) is 11.2. The minimum absolute atomic E-state index is 0.232. The van der Waals surface area contributed by atoms with E-state index in [1.54, 1.807) is 0 Å². The van der Waals surface area contributed by atoms with Crippen LogP contribution in [0.3, 0.4) is 0 Å². The van der Waals surface area contributed by atoms with Gasteiger partial charge in [-0.25, -0.2) is 0 Å². The molecule has 0 bridgehead atoms. The van der Waals surface area contributed by atoms with Crippen molar-refractivity contribution in [2.24, 2.45) is 0 Å². The summed E-state index contributed by atoms with van der Waals surface area (Å²) in [5.41, 5.74) is 1.31. The summed E-state index contributed by atoms with van der Waals surface area (Å²) >= 11 is 5.54. The smallest absolute Gasteiger partial charge is 0.0543 e. The van der Waals surface area contributed by atoms with Crippen molar-refractivity contribution in [1.82, 2.24) is 0 Å². The number of benzene rings is 4. The average molecular weight is 443 g/mol. The maximum atomic E-state index is 2.41. The molecule has 0 amide bonds. The third kappa shape index (κ3) is 6.33. The molecule has 30 heavy (non-hydrogen) atoms. The van der Waals surface area contributed by atoms with Crippen molar-refractivity contribution in [1.29, 1.82) is 0 Å². The standard InChI is InChI=1S/C27H22S3/c1-5-13-22(14-6-1)26(28-23-15-7-2-8-16-23)21-27(29-24-17-9-3-10-18-24)30-25-19-11-4-12-20-25/h1-21,26H. The van der Waals surface area contributed by atoms with Crippen LogP contribution in [0.15, 0.2) is 146 Å². The zero-order valence-electron chi connectivity index (χ0n) is 16.4. The van der Waals surface area contributed by atoms with E-state index in [9.17, 15) is 0 Å². The van der Waals surface area contributed by atoms with Crippen LogP contribution in [0.4, 0.5) is 0 Å². The molecule has 4 aromatic carbocycles. The van der Waals surface area contributed by atoms with Gasteiger partial charge in [-0.05, 0) is 48.0 Å². The summed E-state index contributed by atoms with van der Waals surface area (Å²) in [6.07, 6.45) is 2.41. The molecule has 0 radical (unpaired) electrons. The highest BCUT2D eigenvalue weighted by Gasteiger charge is 2.14. The third-order valence-electron chi connectivity index (χ3n) is 4.35. The van der Waals surface area contributed by atoms with Crippen LogP contribution in [0, 0.1) is 0 Å². The van der Waals surface area contributed by atoms with Gasteiger partial charge in [0.25, 0.3) is 0 Å². The Bertz CT molecular complexity index is 1000. The lowest BCUT2D eigenvalue weighted by Crippen LogP contribution is -1.91. The van der Waals surface area contributed by atoms with E-state index in [-0.39, 0.29) is 5.25 Å². The molecule has 0 aromatic heterocycles. The summed E-state index contributed by atoms with van der Waals surface area (Å²) in [6.45, 7) is 0. The molecule has 0 spiro atoms. The molecule has 148 valence electrons. The van der Waals surface area contributed by atoms with E-state index >= 15 is 0 Å².